The van der Waals surface area contributed by atoms with Crippen LogP contribution in [0.25, 0.3) is 22.4 Å². The van der Waals surface area contributed by atoms with Gasteiger partial charge in [0, 0.05) is 29.1 Å². The van der Waals surface area contributed by atoms with Crippen LogP contribution in [-0.4, -0.2) is 53.3 Å². The lowest BCUT2D eigenvalue weighted by Gasteiger charge is -2.21. The first-order chi connectivity index (χ1) is 21.1. The van der Waals surface area contributed by atoms with Crippen LogP contribution in [0.2, 0.25) is 5.02 Å². The zero-order valence-corrected chi connectivity index (χ0v) is 24.6. The number of rotatable bonds is 12. The number of nitrogens with one attached hydrogen (secondary N) is 1. The average Bonchev–Trinajstić information content (AvgIpc) is 3.48. The topological polar surface area (TPSA) is 137 Å². The number of aromatic nitrogens is 1. The van der Waals surface area contributed by atoms with Gasteiger partial charge in [0.05, 0.1) is 6.10 Å². The van der Waals surface area contributed by atoms with Crippen molar-refractivity contribution in [1.82, 2.24) is 10.5 Å². The molecule has 0 radical (unpaired) electrons. The summed E-state index contributed by atoms with van der Waals surface area (Å²) in [7, 11) is 0. The zero-order chi connectivity index (χ0) is 31.6. The Morgan fingerprint density at radius 3 is 2.43 bits per heavy atom. The van der Waals surface area contributed by atoms with Crippen molar-refractivity contribution in [3.63, 3.8) is 0 Å². The van der Waals surface area contributed by atoms with Gasteiger partial charge in [0.1, 0.15) is 11.5 Å². The van der Waals surface area contributed by atoms with Gasteiger partial charge in [-0.15, -0.1) is 0 Å². The van der Waals surface area contributed by atoms with Crippen LogP contribution in [0.3, 0.4) is 0 Å². The van der Waals surface area contributed by atoms with Gasteiger partial charge < -0.3 is 29.2 Å². The normalized spacial score (nSPS) is 12.3. The van der Waals surface area contributed by atoms with Crippen molar-refractivity contribution < 1.29 is 42.6 Å². The molecule has 1 heterocycles. The van der Waals surface area contributed by atoms with E-state index in [9.17, 15) is 23.9 Å². The SMILES string of the molecule is CC(C)OC(=O)OCOC(=O)[C@H](O)C[C@@H](Cc1ccc(-c2cccc(Cl)c2)cc1)NC(=O)c1cc(-c2ccccc2F)no1. The van der Waals surface area contributed by atoms with Gasteiger partial charge in [-0.1, -0.05) is 65.3 Å². The molecule has 0 saturated carbocycles. The lowest BCUT2D eigenvalue weighted by molar-refractivity contribution is -0.164. The Kier molecular flexibility index (Phi) is 11.1. The molecule has 44 heavy (non-hydrogen) atoms. The first-order valence-electron chi connectivity index (χ1n) is 13.6. The molecular weight excluding hydrogens is 595 g/mol. The minimum atomic E-state index is -1.68. The number of aliphatic hydroxyl groups is 1. The summed E-state index contributed by atoms with van der Waals surface area (Å²) in [5.74, 6) is -2.49. The number of ether oxygens (including phenoxy) is 3. The number of hydrogen-bond donors (Lipinski definition) is 2. The Morgan fingerprint density at radius 2 is 1.73 bits per heavy atom. The van der Waals surface area contributed by atoms with Crippen molar-refractivity contribution in [1.29, 1.82) is 0 Å². The molecule has 10 nitrogen and oxygen atoms in total. The van der Waals surface area contributed by atoms with Gasteiger partial charge in [0.25, 0.3) is 5.91 Å². The maximum atomic E-state index is 14.2. The maximum Gasteiger partial charge on any atom is 0.511 e. The summed E-state index contributed by atoms with van der Waals surface area (Å²) in [6.45, 7) is 2.48. The van der Waals surface area contributed by atoms with E-state index in [0.29, 0.717) is 5.02 Å². The summed E-state index contributed by atoms with van der Waals surface area (Å²) in [6.07, 6.45) is -3.20. The molecule has 0 saturated heterocycles. The van der Waals surface area contributed by atoms with Crippen LogP contribution < -0.4 is 5.32 Å². The van der Waals surface area contributed by atoms with Gasteiger partial charge in [-0.2, -0.15) is 0 Å². The van der Waals surface area contributed by atoms with Gasteiger partial charge in [-0.05, 0) is 61.2 Å². The Labute approximate surface area is 257 Å². The fourth-order valence-electron chi connectivity index (χ4n) is 4.24. The minimum Gasteiger partial charge on any atom is -0.431 e. The van der Waals surface area contributed by atoms with E-state index in [2.05, 4.69) is 15.2 Å². The van der Waals surface area contributed by atoms with Crippen LogP contribution in [0.4, 0.5) is 9.18 Å². The number of amides is 1. The molecule has 0 spiro atoms. The van der Waals surface area contributed by atoms with Crippen LogP contribution >= 0.6 is 11.6 Å². The number of esters is 1. The summed E-state index contributed by atoms with van der Waals surface area (Å²) < 4.78 is 33.6. The molecule has 0 fully saturated rings. The number of halogens is 2. The first kappa shape index (κ1) is 32.2. The maximum absolute atomic E-state index is 14.2. The monoisotopic (exact) mass is 624 g/mol. The van der Waals surface area contributed by atoms with Gasteiger partial charge in [-0.3, -0.25) is 4.79 Å². The Bertz CT molecular complexity index is 1590. The minimum absolute atomic E-state index is 0.126. The number of carbonyl (C=O) groups excluding carboxylic acids is 3. The second-order valence-electron chi connectivity index (χ2n) is 10.0. The fourth-order valence-corrected chi connectivity index (χ4v) is 4.43. The molecule has 4 rings (SSSR count). The molecule has 4 aromatic rings. The highest BCUT2D eigenvalue weighted by molar-refractivity contribution is 6.30. The van der Waals surface area contributed by atoms with Crippen LogP contribution in [0, 0.1) is 5.82 Å². The highest BCUT2D eigenvalue weighted by Crippen LogP contribution is 2.25. The van der Waals surface area contributed by atoms with Crippen molar-refractivity contribution >= 4 is 29.6 Å². The van der Waals surface area contributed by atoms with Crippen molar-refractivity contribution in [2.45, 2.75) is 44.9 Å². The fraction of sp³-hybridized carbons (Fsp3) is 0.250. The predicted molar refractivity (Wildman–Crippen MR) is 158 cm³/mol. The highest BCUT2D eigenvalue weighted by Gasteiger charge is 2.26. The Balaban J connectivity index is 1.46. The van der Waals surface area contributed by atoms with Crippen molar-refractivity contribution in [3.8, 4) is 22.4 Å². The summed E-state index contributed by atoms with van der Waals surface area (Å²) in [4.78, 5) is 37.0. The van der Waals surface area contributed by atoms with Gasteiger partial charge in [0.2, 0.25) is 12.6 Å². The molecule has 2 N–H and O–H groups in total. The summed E-state index contributed by atoms with van der Waals surface area (Å²) in [6, 6.07) is 21.2. The van der Waals surface area contributed by atoms with Crippen LogP contribution in [-0.2, 0) is 25.4 Å². The molecule has 0 aliphatic heterocycles. The quantitative estimate of drug-likeness (QED) is 0.145. The first-order valence-corrected chi connectivity index (χ1v) is 14.0. The molecule has 0 aliphatic carbocycles. The van der Waals surface area contributed by atoms with E-state index in [1.807, 2.05) is 42.5 Å². The molecule has 3 aromatic carbocycles. The Morgan fingerprint density at radius 1 is 0.977 bits per heavy atom. The third-order valence-corrected chi connectivity index (χ3v) is 6.54. The summed E-state index contributed by atoms with van der Waals surface area (Å²) in [5, 5.41) is 17.7. The molecule has 0 aliphatic rings. The van der Waals surface area contributed by atoms with Gasteiger partial charge in [0.15, 0.2) is 6.10 Å². The van der Waals surface area contributed by atoms with Crippen molar-refractivity contribution in [2.24, 2.45) is 0 Å². The molecule has 1 amide bonds. The molecule has 1 aromatic heterocycles. The number of benzene rings is 3. The standard InChI is InChI=1S/C32H30ClFN2O8/c1-19(2)43-32(40)42-18-41-31(39)28(37)16-24(14-20-10-12-21(13-11-20)22-6-5-7-23(33)15-22)35-30(38)29-17-27(36-44-29)25-8-3-4-9-26(25)34/h3-13,15,17,19,24,28,37H,14,16,18H2,1-2H3,(H,35,38)/t24-,28-/m1/s1. The van der Waals surface area contributed by atoms with E-state index in [-0.39, 0.29) is 29.9 Å². The molecule has 230 valence electrons. The van der Waals surface area contributed by atoms with Crippen molar-refractivity contribution in [2.75, 3.05) is 6.79 Å². The van der Waals surface area contributed by atoms with Gasteiger partial charge >= 0.3 is 12.1 Å². The van der Waals surface area contributed by atoms with Gasteiger partial charge in [-0.25, -0.2) is 14.0 Å². The van der Waals surface area contributed by atoms with E-state index in [1.165, 1.54) is 24.3 Å². The zero-order valence-electron chi connectivity index (χ0n) is 23.9. The number of hydrogen-bond acceptors (Lipinski definition) is 9. The predicted octanol–water partition coefficient (Wildman–Crippen LogP) is 5.96. The smallest absolute Gasteiger partial charge is 0.431 e. The van der Waals surface area contributed by atoms with E-state index >= 15 is 0 Å². The lowest BCUT2D eigenvalue weighted by Crippen LogP contribution is -2.41. The van der Waals surface area contributed by atoms with E-state index in [1.54, 1.807) is 26.0 Å². The molecule has 2 atom stereocenters. The molecule has 12 heteroatoms. The number of aliphatic hydroxyl groups excluding tert-OH is 1. The van der Waals surface area contributed by atoms with E-state index in [4.69, 9.17) is 25.6 Å². The highest BCUT2D eigenvalue weighted by atomic mass is 35.5. The Hall–Kier alpha value is -4.74. The summed E-state index contributed by atoms with van der Waals surface area (Å²) >= 11 is 6.12. The van der Waals surface area contributed by atoms with Crippen LogP contribution in [0.15, 0.2) is 83.4 Å². The van der Waals surface area contributed by atoms with E-state index < -0.39 is 48.9 Å². The largest absolute Gasteiger partial charge is 0.511 e. The molecule has 0 bridgehead atoms. The molecular formula is C32H30ClFN2O8. The number of carbonyl (C=O) groups is 3. The third kappa shape index (κ3) is 9.13. The van der Waals surface area contributed by atoms with Crippen LogP contribution in [0.5, 0.6) is 0 Å². The number of nitrogens with zero attached hydrogens (tertiary/aromatic N) is 1. The average molecular weight is 625 g/mol. The van der Waals surface area contributed by atoms with E-state index in [0.717, 1.165) is 16.7 Å². The van der Waals surface area contributed by atoms with Crippen LogP contribution in [0.1, 0.15) is 36.4 Å². The van der Waals surface area contributed by atoms with Crippen molar-refractivity contribution in [3.05, 3.63) is 101 Å². The lowest BCUT2D eigenvalue weighted by atomic mass is 9.97. The summed E-state index contributed by atoms with van der Waals surface area (Å²) in [5.41, 5.74) is 2.90. The second kappa shape index (κ2) is 15.1. The molecule has 0 unspecified atom stereocenters. The second-order valence-corrected chi connectivity index (χ2v) is 10.5. The third-order valence-electron chi connectivity index (χ3n) is 6.30.